The molecule has 0 saturated carbocycles. The fourth-order valence-electron chi connectivity index (χ4n) is 1.87. The zero-order valence-electron chi connectivity index (χ0n) is 10.2. The van der Waals surface area contributed by atoms with Gasteiger partial charge in [-0.05, 0) is 0 Å². The van der Waals surface area contributed by atoms with E-state index in [9.17, 15) is 0 Å². The van der Waals surface area contributed by atoms with E-state index in [2.05, 4.69) is 35.6 Å². The number of morpholine rings is 1. The van der Waals surface area contributed by atoms with Gasteiger partial charge in [-0.25, -0.2) is 4.98 Å². The van der Waals surface area contributed by atoms with Crippen LogP contribution in [0.1, 0.15) is 26.5 Å². The normalized spacial score (nSPS) is 17.6. The Kier molecular flexibility index (Phi) is 3.10. The van der Waals surface area contributed by atoms with Crippen LogP contribution in [0.2, 0.25) is 0 Å². The molecular weight excluding hydrogens is 202 g/mol. The van der Waals surface area contributed by atoms with Crippen LogP contribution < -0.4 is 4.90 Å². The third-order valence-electron chi connectivity index (χ3n) is 2.70. The Balaban J connectivity index is 2.32. The van der Waals surface area contributed by atoms with Crippen LogP contribution in [0.4, 0.5) is 5.82 Å². The number of hydrogen-bond donors (Lipinski definition) is 0. The van der Waals surface area contributed by atoms with Gasteiger partial charge in [-0.15, -0.1) is 0 Å². The van der Waals surface area contributed by atoms with Gasteiger partial charge in [-0.3, -0.25) is 4.98 Å². The largest absolute Gasteiger partial charge is 0.378 e. The first-order chi connectivity index (χ1) is 7.59. The summed E-state index contributed by atoms with van der Waals surface area (Å²) >= 11 is 0. The fourth-order valence-corrected chi connectivity index (χ4v) is 1.87. The number of nitrogens with zero attached hydrogens (tertiary/aromatic N) is 3. The summed E-state index contributed by atoms with van der Waals surface area (Å²) in [4.78, 5) is 11.2. The maximum absolute atomic E-state index is 5.36. The predicted molar refractivity (Wildman–Crippen MR) is 63.8 cm³/mol. The van der Waals surface area contributed by atoms with Gasteiger partial charge in [-0.2, -0.15) is 0 Å². The minimum atomic E-state index is 0.0297. The highest BCUT2D eigenvalue weighted by Gasteiger charge is 2.24. The van der Waals surface area contributed by atoms with Crippen LogP contribution in [0.3, 0.4) is 0 Å². The maximum Gasteiger partial charge on any atom is 0.151 e. The predicted octanol–water partition coefficient (Wildman–Crippen LogP) is 1.61. The van der Waals surface area contributed by atoms with E-state index in [4.69, 9.17) is 4.74 Å². The van der Waals surface area contributed by atoms with Crippen molar-refractivity contribution >= 4 is 5.82 Å². The molecule has 0 atom stereocenters. The van der Waals surface area contributed by atoms with E-state index in [0.29, 0.717) is 0 Å². The molecule has 0 amide bonds. The summed E-state index contributed by atoms with van der Waals surface area (Å²) in [6.07, 6.45) is 3.53. The second-order valence-corrected chi connectivity index (χ2v) is 5.08. The van der Waals surface area contributed by atoms with Gasteiger partial charge in [0.25, 0.3) is 0 Å². The van der Waals surface area contributed by atoms with Crippen molar-refractivity contribution in [2.75, 3.05) is 31.2 Å². The Morgan fingerprint density at radius 1 is 1.12 bits per heavy atom. The molecule has 4 heteroatoms. The Bertz CT molecular complexity index is 354. The highest BCUT2D eigenvalue weighted by molar-refractivity contribution is 5.46. The molecule has 0 N–H and O–H groups in total. The van der Waals surface area contributed by atoms with Gasteiger partial charge in [-0.1, -0.05) is 20.8 Å². The first kappa shape index (κ1) is 11.3. The monoisotopic (exact) mass is 221 g/mol. The smallest absolute Gasteiger partial charge is 0.151 e. The molecule has 1 aromatic heterocycles. The molecule has 16 heavy (non-hydrogen) atoms. The van der Waals surface area contributed by atoms with Crippen molar-refractivity contribution in [3.05, 3.63) is 18.1 Å². The van der Waals surface area contributed by atoms with E-state index in [1.54, 1.807) is 12.4 Å². The van der Waals surface area contributed by atoms with Crippen molar-refractivity contribution in [3.63, 3.8) is 0 Å². The van der Waals surface area contributed by atoms with Gasteiger partial charge < -0.3 is 9.64 Å². The molecule has 0 aromatic carbocycles. The summed E-state index contributed by atoms with van der Waals surface area (Å²) in [5.74, 6) is 1.01. The summed E-state index contributed by atoms with van der Waals surface area (Å²) in [6, 6.07) is 0. The zero-order chi connectivity index (χ0) is 11.6. The maximum atomic E-state index is 5.36. The SMILES string of the molecule is CC(C)(C)c1nccnc1N1CCOCC1. The van der Waals surface area contributed by atoms with Gasteiger partial charge in [0.2, 0.25) is 0 Å². The van der Waals surface area contributed by atoms with E-state index in [1.165, 1.54) is 0 Å². The lowest BCUT2D eigenvalue weighted by Gasteiger charge is -2.31. The molecule has 1 aromatic rings. The van der Waals surface area contributed by atoms with Crippen LogP contribution in [0.25, 0.3) is 0 Å². The Morgan fingerprint density at radius 2 is 1.75 bits per heavy atom. The van der Waals surface area contributed by atoms with E-state index in [1.807, 2.05) is 0 Å². The molecule has 0 radical (unpaired) electrons. The fraction of sp³-hybridized carbons (Fsp3) is 0.667. The highest BCUT2D eigenvalue weighted by atomic mass is 16.5. The standard InChI is InChI=1S/C12H19N3O/c1-12(2,3)10-11(14-5-4-13-10)15-6-8-16-9-7-15/h4-5H,6-9H2,1-3H3. The molecule has 0 spiro atoms. The Morgan fingerprint density at radius 3 is 2.38 bits per heavy atom. The number of anilines is 1. The lowest BCUT2D eigenvalue weighted by molar-refractivity contribution is 0.122. The molecule has 0 bridgehead atoms. The summed E-state index contributed by atoms with van der Waals surface area (Å²) < 4.78 is 5.36. The van der Waals surface area contributed by atoms with Crippen molar-refractivity contribution in [1.82, 2.24) is 9.97 Å². The summed E-state index contributed by atoms with van der Waals surface area (Å²) in [5, 5.41) is 0. The van der Waals surface area contributed by atoms with E-state index in [-0.39, 0.29) is 5.41 Å². The molecule has 1 saturated heterocycles. The second kappa shape index (κ2) is 4.37. The number of aromatic nitrogens is 2. The lowest BCUT2D eigenvalue weighted by Crippen LogP contribution is -2.38. The average molecular weight is 221 g/mol. The number of hydrogen-bond acceptors (Lipinski definition) is 4. The van der Waals surface area contributed by atoms with Gasteiger partial charge in [0.15, 0.2) is 5.82 Å². The van der Waals surface area contributed by atoms with Crippen molar-refractivity contribution in [2.24, 2.45) is 0 Å². The molecular formula is C12H19N3O. The van der Waals surface area contributed by atoms with Crippen LogP contribution in [0.15, 0.2) is 12.4 Å². The van der Waals surface area contributed by atoms with E-state index >= 15 is 0 Å². The molecule has 88 valence electrons. The molecule has 4 nitrogen and oxygen atoms in total. The first-order valence-electron chi connectivity index (χ1n) is 5.73. The topological polar surface area (TPSA) is 38.2 Å². The van der Waals surface area contributed by atoms with Crippen molar-refractivity contribution in [1.29, 1.82) is 0 Å². The van der Waals surface area contributed by atoms with Crippen LogP contribution in [-0.4, -0.2) is 36.3 Å². The summed E-state index contributed by atoms with van der Waals surface area (Å²) in [5.41, 5.74) is 1.10. The Labute approximate surface area is 96.7 Å². The van der Waals surface area contributed by atoms with Gasteiger partial charge >= 0.3 is 0 Å². The van der Waals surface area contributed by atoms with Gasteiger partial charge in [0.05, 0.1) is 18.9 Å². The quantitative estimate of drug-likeness (QED) is 0.722. The summed E-state index contributed by atoms with van der Waals surface area (Å²) in [6.45, 7) is 9.87. The Hall–Kier alpha value is -1.16. The van der Waals surface area contributed by atoms with Crippen molar-refractivity contribution in [2.45, 2.75) is 26.2 Å². The molecule has 1 aliphatic rings. The molecule has 2 rings (SSSR count). The first-order valence-corrected chi connectivity index (χ1v) is 5.73. The molecule has 2 heterocycles. The molecule has 1 fully saturated rings. The summed E-state index contributed by atoms with van der Waals surface area (Å²) in [7, 11) is 0. The minimum absolute atomic E-state index is 0.0297. The highest BCUT2D eigenvalue weighted by Crippen LogP contribution is 2.28. The average Bonchev–Trinajstić information content (AvgIpc) is 2.29. The van der Waals surface area contributed by atoms with Crippen LogP contribution in [0.5, 0.6) is 0 Å². The third kappa shape index (κ3) is 2.32. The van der Waals surface area contributed by atoms with Crippen LogP contribution in [0, 0.1) is 0 Å². The number of ether oxygens (including phenoxy) is 1. The molecule has 1 aliphatic heterocycles. The van der Waals surface area contributed by atoms with Crippen molar-refractivity contribution < 1.29 is 4.74 Å². The molecule has 0 unspecified atom stereocenters. The van der Waals surface area contributed by atoms with E-state index < -0.39 is 0 Å². The number of rotatable bonds is 1. The second-order valence-electron chi connectivity index (χ2n) is 5.08. The molecule has 0 aliphatic carbocycles. The lowest BCUT2D eigenvalue weighted by atomic mass is 9.91. The van der Waals surface area contributed by atoms with Crippen molar-refractivity contribution in [3.8, 4) is 0 Å². The van der Waals surface area contributed by atoms with Gasteiger partial charge in [0, 0.05) is 30.9 Å². The zero-order valence-corrected chi connectivity index (χ0v) is 10.2. The van der Waals surface area contributed by atoms with Crippen LogP contribution >= 0.6 is 0 Å². The third-order valence-corrected chi connectivity index (χ3v) is 2.70. The van der Waals surface area contributed by atoms with Crippen LogP contribution in [-0.2, 0) is 10.2 Å². The van der Waals surface area contributed by atoms with E-state index in [0.717, 1.165) is 37.8 Å². The van der Waals surface area contributed by atoms with Gasteiger partial charge in [0.1, 0.15) is 0 Å². The minimum Gasteiger partial charge on any atom is -0.378 e.